The fourth-order valence-corrected chi connectivity index (χ4v) is 4.73. The lowest BCUT2D eigenvalue weighted by Gasteiger charge is -2.47. The second-order valence-electron chi connectivity index (χ2n) is 6.71. The van der Waals surface area contributed by atoms with E-state index in [9.17, 15) is 4.79 Å². The van der Waals surface area contributed by atoms with Gasteiger partial charge in [0.1, 0.15) is 6.10 Å². The number of fused-ring (bicyclic) bond motifs is 2. The van der Waals surface area contributed by atoms with Gasteiger partial charge in [-0.2, -0.15) is 0 Å². The molecule has 5 rings (SSSR count). The molecule has 5 heteroatoms. The minimum absolute atomic E-state index is 0.0999. The first kappa shape index (κ1) is 13.6. The van der Waals surface area contributed by atoms with Crippen molar-refractivity contribution < 1.29 is 19.0 Å². The number of carbonyl (C=O) groups is 1. The molecule has 1 aromatic carbocycles. The zero-order chi connectivity index (χ0) is 15.6. The van der Waals surface area contributed by atoms with Crippen LogP contribution in [-0.2, 0) is 21.5 Å². The minimum Gasteiger partial charge on any atom is -0.454 e. The summed E-state index contributed by atoms with van der Waals surface area (Å²) in [4.78, 5) is 14.8. The number of hydrogen-bond donors (Lipinski definition) is 0. The van der Waals surface area contributed by atoms with Crippen LogP contribution in [0, 0.1) is 0 Å². The summed E-state index contributed by atoms with van der Waals surface area (Å²) >= 11 is 0. The molecule has 1 saturated heterocycles. The van der Waals surface area contributed by atoms with E-state index in [4.69, 9.17) is 14.2 Å². The Balaban J connectivity index is 1.73. The quantitative estimate of drug-likeness (QED) is 0.791. The van der Waals surface area contributed by atoms with Crippen LogP contribution in [0.15, 0.2) is 23.8 Å². The first-order chi connectivity index (χ1) is 11.2. The number of methoxy groups -OCH3 is 1. The second kappa shape index (κ2) is 4.58. The largest absolute Gasteiger partial charge is 0.454 e. The van der Waals surface area contributed by atoms with Crippen molar-refractivity contribution in [3.8, 4) is 11.5 Å². The van der Waals surface area contributed by atoms with Gasteiger partial charge >= 0.3 is 0 Å². The van der Waals surface area contributed by atoms with Crippen molar-refractivity contribution in [2.45, 2.75) is 30.9 Å². The summed E-state index contributed by atoms with van der Waals surface area (Å²) in [5, 5.41) is 0. The summed E-state index contributed by atoms with van der Waals surface area (Å²) in [7, 11) is 1.63. The van der Waals surface area contributed by atoms with Crippen LogP contribution in [0.4, 0.5) is 0 Å². The van der Waals surface area contributed by atoms with E-state index in [1.807, 2.05) is 6.08 Å². The van der Waals surface area contributed by atoms with Gasteiger partial charge < -0.3 is 14.2 Å². The number of ketones is 1. The van der Waals surface area contributed by atoms with Gasteiger partial charge in [0.05, 0.1) is 5.54 Å². The van der Waals surface area contributed by atoms with Crippen LogP contribution in [0.25, 0.3) is 0 Å². The third-order valence-electron chi connectivity index (χ3n) is 5.82. The molecule has 1 aromatic rings. The van der Waals surface area contributed by atoms with E-state index in [0.717, 1.165) is 37.4 Å². The highest BCUT2D eigenvalue weighted by Gasteiger charge is 2.53. The van der Waals surface area contributed by atoms with Crippen LogP contribution < -0.4 is 9.47 Å². The predicted molar refractivity (Wildman–Crippen MR) is 82.6 cm³/mol. The molecule has 0 aromatic heterocycles. The van der Waals surface area contributed by atoms with Gasteiger partial charge in [-0.05, 0) is 47.8 Å². The number of rotatable bonds is 1. The Bertz CT molecular complexity index is 741. The smallest absolute Gasteiger partial charge is 0.231 e. The van der Waals surface area contributed by atoms with Gasteiger partial charge in [-0.25, -0.2) is 0 Å². The maximum atomic E-state index is 12.3. The highest BCUT2D eigenvalue weighted by atomic mass is 16.7. The summed E-state index contributed by atoms with van der Waals surface area (Å²) in [6, 6.07) is 4.25. The van der Waals surface area contributed by atoms with E-state index in [2.05, 4.69) is 17.0 Å². The minimum atomic E-state index is -0.365. The molecule has 1 fully saturated rings. The number of nitrogens with zero attached hydrogens (tertiary/aromatic N) is 1. The molecule has 3 heterocycles. The monoisotopic (exact) mass is 313 g/mol. The van der Waals surface area contributed by atoms with Gasteiger partial charge in [0, 0.05) is 26.6 Å². The molecule has 3 aliphatic heterocycles. The molecule has 23 heavy (non-hydrogen) atoms. The zero-order valence-electron chi connectivity index (χ0n) is 13.1. The summed E-state index contributed by atoms with van der Waals surface area (Å²) < 4.78 is 16.6. The first-order valence-corrected chi connectivity index (χ1v) is 8.18. The molecule has 1 aliphatic carbocycles. The fourth-order valence-electron chi connectivity index (χ4n) is 4.73. The fraction of sp³-hybridized carbons (Fsp3) is 0.500. The van der Waals surface area contributed by atoms with Gasteiger partial charge in [0.2, 0.25) is 6.79 Å². The zero-order valence-corrected chi connectivity index (χ0v) is 13.1. The highest BCUT2D eigenvalue weighted by Crippen LogP contribution is 2.54. The van der Waals surface area contributed by atoms with Crippen molar-refractivity contribution in [3.63, 3.8) is 0 Å². The van der Waals surface area contributed by atoms with E-state index in [1.165, 1.54) is 16.7 Å². The van der Waals surface area contributed by atoms with Gasteiger partial charge in [-0.15, -0.1) is 0 Å². The molecule has 0 N–H and O–H groups in total. The van der Waals surface area contributed by atoms with E-state index in [-0.39, 0.29) is 24.2 Å². The lowest BCUT2D eigenvalue weighted by Crippen LogP contribution is -2.52. The van der Waals surface area contributed by atoms with Gasteiger partial charge in [0.15, 0.2) is 17.3 Å². The molecule has 4 aliphatic rings. The van der Waals surface area contributed by atoms with Gasteiger partial charge in [-0.3, -0.25) is 9.69 Å². The predicted octanol–water partition coefficient (Wildman–Crippen LogP) is 1.79. The molecule has 0 saturated carbocycles. The molecule has 0 amide bonds. The Morgan fingerprint density at radius 2 is 2.00 bits per heavy atom. The van der Waals surface area contributed by atoms with Crippen LogP contribution >= 0.6 is 0 Å². The van der Waals surface area contributed by atoms with Crippen LogP contribution in [-0.4, -0.2) is 43.8 Å². The summed E-state index contributed by atoms with van der Waals surface area (Å²) in [5.41, 5.74) is 3.60. The molecular formula is C18H19NO4. The van der Waals surface area contributed by atoms with E-state index in [1.54, 1.807) is 7.11 Å². The Kier molecular flexibility index (Phi) is 2.71. The van der Waals surface area contributed by atoms with Crippen LogP contribution in [0.1, 0.15) is 24.0 Å². The molecule has 0 bridgehead atoms. The summed E-state index contributed by atoms with van der Waals surface area (Å²) in [6.07, 6.45) is 4.12. The summed E-state index contributed by atoms with van der Waals surface area (Å²) in [5.74, 6) is 1.76. The molecular weight excluding hydrogens is 294 g/mol. The van der Waals surface area contributed by atoms with E-state index >= 15 is 0 Å². The Morgan fingerprint density at radius 1 is 1.22 bits per heavy atom. The number of ether oxygens (including phenoxy) is 3. The number of carbonyl (C=O) groups excluding carboxylic acids is 1. The average molecular weight is 313 g/mol. The maximum Gasteiger partial charge on any atom is 0.231 e. The van der Waals surface area contributed by atoms with Crippen LogP contribution in [0.5, 0.6) is 11.5 Å². The Hall–Kier alpha value is -1.85. The van der Waals surface area contributed by atoms with Crippen LogP contribution in [0.2, 0.25) is 0 Å². The lowest BCUT2D eigenvalue weighted by atomic mass is 9.70. The van der Waals surface area contributed by atoms with Crippen molar-refractivity contribution in [1.29, 1.82) is 0 Å². The standard InChI is InChI=1S/C18H19NO4/c1-21-17-9-18-12(7-14(17)20)3-5-19(18)4-2-11-6-15-16(8-13(11)18)23-10-22-15/h6-8,17H,2-5,9-10H2,1H3/t17-,18+/m1/s1. The molecule has 0 radical (unpaired) electrons. The molecule has 0 unspecified atom stereocenters. The molecule has 120 valence electrons. The third kappa shape index (κ3) is 1.66. The second-order valence-corrected chi connectivity index (χ2v) is 6.71. The number of hydrogen-bond acceptors (Lipinski definition) is 5. The van der Waals surface area contributed by atoms with E-state index in [0.29, 0.717) is 6.42 Å². The van der Waals surface area contributed by atoms with E-state index < -0.39 is 0 Å². The van der Waals surface area contributed by atoms with Crippen LogP contribution in [0.3, 0.4) is 0 Å². The van der Waals surface area contributed by atoms with Crippen molar-refractivity contribution in [2.75, 3.05) is 27.0 Å². The third-order valence-corrected chi connectivity index (χ3v) is 5.82. The lowest BCUT2D eigenvalue weighted by molar-refractivity contribution is -0.127. The van der Waals surface area contributed by atoms with Gasteiger partial charge in [0.25, 0.3) is 0 Å². The molecule has 1 spiro atoms. The van der Waals surface area contributed by atoms with Gasteiger partial charge in [-0.1, -0.05) is 0 Å². The Labute approximate surface area is 134 Å². The number of benzene rings is 1. The Morgan fingerprint density at radius 3 is 2.83 bits per heavy atom. The normalized spacial score (nSPS) is 31.4. The maximum absolute atomic E-state index is 12.3. The molecule has 5 nitrogen and oxygen atoms in total. The van der Waals surface area contributed by atoms with Crippen molar-refractivity contribution in [2.24, 2.45) is 0 Å². The first-order valence-electron chi connectivity index (χ1n) is 8.18. The molecule has 2 atom stereocenters. The SMILES string of the molecule is CO[C@@H]1C[C@@]23C(=CC1=O)CCN2CCc1cc2c(cc13)OCO2. The van der Waals surface area contributed by atoms with Crippen molar-refractivity contribution >= 4 is 5.78 Å². The average Bonchev–Trinajstić information content (AvgIpc) is 3.16. The van der Waals surface area contributed by atoms with Crippen molar-refractivity contribution in [1.82, 2.24) is 4.90 Å². The topological polar surface area (TPSA) is 48.0 Å². The summed E-state index contributed by atoms with van der Waals surface area (Å²) in [6.45, 7) is 2.30. The van der Waals surface area contributed by atoms with Crippen molar-refractivity contribution in [3.05, 3.63) is 34.9 Å². The highest BCUT2D eigenvalue weighted by molar-refractivity contribution is 5.96.